The third-order valence-electron chi connectivity index (χ3n) is 5.66. The minimum atomic E-state index is -0.805. The van der Waals surface area contributed by atoms with E-state index in [1.165, 1.54) is 0 Å². The van der Waals surface area contributed by atoms with Gasteiger partial charge in [-0.3, -0.25) is 20.2 Å². The minimum absolute atomic E-state index is 0.0436. The molecule has 1 aromatic heterocycles. The van der Waals surface area contributed by atoms with E-state index in [0.717, 1.165) is 5.56 Å². The lowest BCUT2D eigenvalue weighted by Gasteiger charge is -2.20. The van der Waals surface area contributed by atoms with Crippen molar-refractivity contribution in [2.24, 2.45) is 4.99 Å². The summed E-state index contributed by atoms with van der Waals surface area (Å²) in [5.74, 6) is 0.00776. The highest BCUT2D eigenvalue weighted by molar-refractivity contribution is 6.34. The van der Waals surface area contributed by atoms with Crippen LogP contribution in [-0.4, -0.2) is 41.7 Å². The highest BCUT2D eigenvalue weighted by atomic mass is 35.5. The molecule has 0 atom stereocenters. The SMILES string of the molecule is CCC(=O)Nc1c(C)cc(CN=C(NC(=O)OC(C)(C)C)NC(=O)c2c(-c3ccc(OC)cc3)noc2C)cc1Cl. The van der Waals surface area contributed by atoms with E-state index in [0.29, 0.717) is 39.7 Å². The van der Waals surface area contributed by atoms with Gasteiger partial charge in [-0.25, -0.2) is 9.79 Å². The molecule has 0 aliphatic rings. The number of aromatic nitrogens is 1. The molecule has 0 spiro atoms. The summed E-state index contributed by atoms with van der Waals surface area (Å²) in [6.07, 6.45) is -0.492. The number of nitrogens with one attached hydrogen (secondary N) is 3. The van der Waals surface area contributed by atoms with Gasteiger partial charge in [0.2, 0.25) is 11.9 Å². The van der Waals surface area contributed by atoms with Crippen molar-refractivity contribution in [2.45, 2.75) is 60.1 Å². The molecular weight excluding hydrogens is 550 g/mol. The van der Waals surface area contributed by atoms with Crippen molar-refractivity contribution < 1.29 is 28.4 Å². The lowest BCUT2D eigenvalue weighted by Crippen LogP contribution is -2.46. The van der Waals surface area contributed by atoms with Gasteiger partial charge in [0, 0.05) is 12.0 Å². The first-order valence-corrected chi connectivity index (χ1v) is 13.2. The van der Waals surface area contributed by atoms with Crippen molar-refractivity contribution in [3.05, 3.63) is 63.9 Å². The second kappa shape index (κ2) is 13.3. The van der Waals surface area contributed by atoms with Gasteiger partial charge >= 0.3 is 6.09 Å². The van der Waals surface area contributed by atoms with Gasteiger partial charge < -0.3 is 19.3 Å². The normalized spacial score (nSPS) is 11.6. The molecule has 3 aromatic rings. The fourth-order valence-electron chi connectivity index (χ4n) is 3.73. The lowest BCUT2D eigenvalue weighted by atomic mass is 10.1. The maximum absolute atomic E-state index is 13.4. The van der Waals surface area contributed by atoms with Crippen LogP contribution >= 0.6 is 11.6 Å². The number of halogens is 1. The van der Waals surface area contributed by atoms with E-state index in [1.54, 1.807) is 85.1 Å². The highest BCUT2D eigenvalue weighted by Crippen LogP contribution is 2.29. The number of methoxy groups -OCH3 is 1. The number of carbonyl (C=O) groups is 3. The molecule has 0 aliphatic carbocycles. The van der Waals surface area contributed by atoms with E-state index in [4.69, 9.17) is 25.6 Å². The molecule has 0 saturated heterocycles. The molecule has 3 N–H and O–H groups in total. The molecule has 3 amide bonds. The molecule has 41 heavy (non-hydrogen) atoms. The van der Waals surface area contributed by atoms with Crippen LogP contribution in [0.2, 0.25) is 5.02 Å². The molecule has 1 heterocycles. The van der Waals surface area contributed by atoms with E-state index in [1.807, 2.05) is 0 Å². The Morgan fingerprint density at radius 1 is 1.07 bits per heavy atom. The molecule has 11 nitrogen and oxygen atoms in total. The molecular formula is C29H34ClN5O6. The Morgan fingerprint density at radius 2 is 1.76 bits per heavy atom. The molecule has 0 aliphatic heterocycles. The summed E-state index contributed by atoms with van der Waals surface area (Å²) in [7, 11) is 1.56. The standard InChI is InChI=1S/C29H34ClN5O6/c1-8-22(36)32-24-16(2)13-18(14-21(24)30)15-31-27(34-28(38)40-29(4,5)6)33-26(37)23-17(3)41-35-25(23)19-9-11-20(39-7)12-10-19/h9-14H,8,15H2,1-7H3,(H,32,36)(H2,31,33,34,37,38). The van der Waals surface area contributed by atoms with Crippen molar-refractivity contribution in [1.82, 2.24) is 15.8 Å². The number of aliphatic imine (C=N–C) groups is 1. The average molecular weight is 584 g/mol. The number of carbonyl (C=O) groups excluding carboxylic acids is 3. The van der Waals surface area contributed by atoms with Crippen LogP contribution in [-0.2, 0) is 16.1 Å². The lowest BCUT2D eigenvalue weighted by molar-refractivity contribution is -0.115. The molecule has 218 valence electrons. The van der Waals surface area contributed by atoms with E-state index in [9.17, 15) is 14.4 Å². The molecule has 2 aromatic carbocycles. The van der Waals surface area contributed by atoms with Gasteiger partial charge in [0.25, 0.3) is 5.91 Å². The summed E-state index contributed by atoms with van der Waals surface area (Å²) in [5.41, 5.74) is 2.26. The Hall–Kier alpha value is -4.38. The van der Waals surface area contributed by atoms with Crippen LogP contribution in [0.4, 0.5) is 10.5 Å². The fourth-order valence-corrected chi connectivity index (χ4v) is 4.07. The molecule has 0 bridgehead atoms. The molecule has 0 radical (unpaired) electrons. The highest BCUT2D eigenvalue weighted by Gasteiger charge is 2.24. The second-order valence-corrected chi connectivity index (χ2v) is 10.5. The first kappa shape index (κ1) is 31.2. The number of anilines is 1. The summed E-state index contributed by atoms with van der Waals surface area (Å²) in [5, 5.41) is 12.3. The average Bonchev–Trinajstić information content (AvgIpc) is 3.29. The van der Waals surface area contributed by atoms with Crippen LogP contribution in [0, 0.1) is 13.8 Å². The zero-order valence-electron chi connectivity index (χ0n) is 24.1. The number of aryl methyl sites for hydroxylation is 2. The minimum Gasteiger partial charge on any atom is -0.497 e. The molecule has 0 saturated carbocycles. The molecule has 12 heteroatoms. The number of benzene rings is 2. The van der Waals surface area contributed by atoms with E-state index in [-0.39, 0.29) is 29.7 Å². The van der Waals surface area contributed by atoms with Crippen molar-refractivity contribution in [3.8, 4) is 17.0 Å². The van der Waals surface area contributed by atoms with Gasteiger partial charge in [0.15, 0.2) is 0 Å². The van der Waals surface area contributed by atoms with Crippen LogP contribution in [0.5, 0.6) is 5.75 Å². The smallest absolute Gasteiger partial charge is 0.414 e. The monoisotopic (exact) mass is 583 g/mol. The summed E-state index contributed by atoms with van der Waals surface area (Å²) in [4.78, 5) is 42.3. The number of rotatable bonds is 7. The predicted molar refractivity (Wildman–Crippen MR) is 156 cm³/mol. The number of alkyl carbamates (subject to hydrolysis) is 1. The number of hydrogen-bond donors (Lipinski definition) is 3. The van der Waals surface area contributed by atoms with Crippen LogP contribution in [0.1, 0.15) is 61.4 Å². The number of hydrogen-bond acceptors (Lipinski definition) is 8. The Kier molecular flexibility index (Phi) is 10.1. The third-order valence-corrected chi connectivity index (χ3v) is 5.96. The molecule has 3 rings (SSSR count). The third kappa shape index (κ3) is 8.55. The van der Waals surface area contributed by atoms with Crippen molar-refractivity contribution in [2.75, 3.05) is 12.4 Å². The molecule has 0 unspecified atom stereocenters. The van der Waals surface area contributed by atoms with Gasteiger partial charge in [0.05, 0.1) is 24.4 Å². The number of guanidine groups is 1. The van der Waals surface area contributed by atoms with Gasteiger partial charge in [-0.05, 0) is 76.1 Å². The van der Waals surface area contributed by atoms with E-state index >= 15 is 0 Å². The Labute approximate surface area is 243 Å². The van der Waals surface area contributed by atoms with Crippen molar-refractivity contribution in [1.29, 1.82) is 0 Å². The van der Waals surface area contributed by atoms with Gasteiger partial charge in [-0.2, -0.15) is 0 Å². The van der Waals surface area contributed by atoms with E-state index in [2.05, 4.69) is 26.1 Å². The number of ether oxygens (including phenoxy) is 2. The molecule has 0 fully saturated rings. The summed E-state index contributed by atoms with van der Waals surface area (Å²) in [6.45, 7) is 10.4. The van der Waals surface area contributed by atoms with Crippen molar-refractivity contribution >= 4 is 41.2 Å². The van der Waals surface area contributed by atoms with Crippen molar-refractivity contribution in [3.63, 3.8) is 0 Å². The Balaban J connectivity index is 1.90. The summed E-state index contributed by atoms with van der Waals surface area (Å²) in [6, 6.07) is 10.4. The Morgan fingerprint density at radius 3 is 2.34 bits per heavy atom. The largest absolute Gasteiger partial charge is 0.497 e. The zero-order chi connectivity index (χ0) is 30.3. The topological polar surface area (TPSA) is 144 Å². The van der Waals surface area contributed by atoms with Crippen LogP contribution in [0.3, 0.4) is 0 Å². The maximum Gasteiger partial charge on any atom is 0.414 e. The summed E-state index contributed by atoms with van der Waals surface area (Å²) < 4.78 is 15.9. The summed E-state index contributed by atoms with van der Waals surface area (Å²) >= 11 is 6.42. The number of nitrogens with zero attached hydrogens (tertiary/aromatic N) is 2. The first-order chi connectivity index (χ1) is 19.3. The second-order valence-electron chi connectivity index (χ2n) is 10.1. The predicted octanol–water partition coefficient (Wildman–Crippen LogP) is 5.78. The van der Waals surface area contributed by atoms with E-state index < -0.39 is 17.6 Å². The van der Waals surface area contributed by atoms with Crippen LogP contribution in [0.15, 0.2) is 45.9 Å². The Bertz CT molecular complexity index is 1430. The van der Waals surface area contributed by atoms with Crippen LogP contribution in [0.25, 0.3) is 11.3 Å². The van der Waals surface area contributed by atoms with Gasteiger partial charge in [-0.15, -0.1) is 0 Å². The first-order valence-electron chi connectivity index (χ1n) is 12.9. The van der Waals surface area contributed by atoms with Crippen LogP contribution < -0.4 is 20.7 Å². The zero-order valence-corrected chi connectivity index (χ0v) is 24.9. The fraction of sp³-hybridized carbons (Fsp3) is 0.345. The van der Waals surface area contributed by atoms with Gasteiger partial charge in [0.1, 0.15) is 28.4 Å². The number of amides is 3. The maximum atomic E-state index is 13.4. The quantitative estimate of drug-likeness (QED) is 0.236. The van der Waals surface area contributed by atoms with Gasteiger partial charge in [-0.1, -0.05) is 29.7 Å².